The molecule has 2 amide bonds. The minimum absolute atomic E-state index is 0.0281. The molecule has 0 aromatic heterocycles. The van der Waals surface area contributed by atoms with E-state index < -0.39 is 18.1 Å². The van der Waals surface area contributed by atoms with Crippen molar-refractivity contribution in [1.82, 2.24) is 10.6 Å². The fraction of sp³-hybridized carbons (Fsp3) is 0.400. The second-order valence-corrected chi connectivity index (χ2v) is 8.15. The highest BCUT2D eigenvalue weighted by Crippen LogP contribution is 2.44. The molecule has 0 fully saturated rings. The Balaban J connectivity index is 1.59. The summed E-state index contributed by atoms with van der Waals surface area (Å²) in [5.41, 5.74) is 4.54. The third kappa shape index (κ3) is 5.66. The highest BCUT2D eigenvalue weighted by molar-refractivity contribution is 5.86. The lowest BCUT2D eigenvalue weighted by Crippen LogP contribution is -2.49. The van der Waals surface area contributed by atoms with Crippen LogP contribution in [0.5, 0.6) is 0 Å². The lowest BCUT2D eigenvalue weighted by Gasteiger charge is -2.21. The Morgan fingerprint density at radius 3 is 2.12 bits per heavy atom. The highest BCUT2D eigenvalue weighted by Gasteiger charge is 2.29. The van der Waals surface area contributed by atoms with Gasteiger partial charge in [0.2, 0.25) is 5.91 Å². The van der Waals surface area contributed by atoms with Gasteiger partial charge in [0.1, 0.15) is 12.6 Å². The van der Waals surface area contributed by atoms with E-state index >= 15 is 0 Å². The number of benzene rings is 2. The van der Waals surface area contributed by atoms with Crippen LogP contribution in [0.15, 0.2) is 48.5 Å². The summed E-state index contributed by atoms with van der Waals surface area (Å²) in [5, 5.41) is 14.2. The van der Waals surface area contributed by atoms with E-state index in [1.54, 1.807) is 6.92 Å². The fourth-order valence-electron chi connectivity index (χ4n) is 4.10. The molecule has 0 heterocycles. The first kappa shape index (κ1) is 23.3. The number of hydrogen-bond acceptors (Lipinski definition) is 4. The van der Waals surface area contributed by atoms with E-state index in [0.717, 1.165) is 22.3 Å². The molecular weight excluding hydrogens is 408 g/mol. The van der Waals surface area contributed by atoms with Crippen LogP contribution in [-0.2, 0) is 14.3 Å². The van der Waals surface area contributed by atoms with Gasteiger partial charge < -0.3 is 20.5 Å². The summed E-state index contributed by atoms with van der Waals surface area (Å²) in [4.78, 5) is 35.8. The van der Waals surface area contributed by atoms with Crippen molar-refractivity contribution in [1.29, 1.82) is 0 Å². The van der Waals surface area contributed by atoms with Crippen molar-refractivity contribution in [3.63, 3.8) is 0 Å². The number of carbonyl (C=O) groups excluding carboxylic acids is 2. The molecule has 7 nitrogen and oxygen atoms in total. The van der Waals surface area contributed by atoms with Crippen LogP contribution in [0.4, 0.5) is 4.79 Å². The maximum Gasteiger partial charge on any atom is 0.407 e. The Labute approximate surface area is 188 Å². The van der Waals surface area contributed by atoms with Gasteiger partial charge in [0.05, 0.1) is 0 Å². The van der Waals surface area contributed by atoms with Crippen LogP contribution < -0.4 is 10.6 Å². The van der Waals surface area contributed by atoms with Gasteiger partial charge in [0, 0.05) is 18.4 Å². The molecule has 3 rings (SSSR count). The van der Waals surface area contributed by atoms with Gasteiger partial charge in [-0.3, -0.25) is 9.59 Å². The molecule has 2 atom stereocenters. The molecule has 7 heteroatoms. The summed E-state index contributed by atoms with van der Waals surface area (Å²) in [6.45, 7) is 3.85. The van der Waals surface area contributed by atoms with E-state index in [2.05, 4.69) is 22.8 Å². The Morgan fingerprint density at radius 1 is 0.969 bits per heavy atom. The summed E-state index contributed by atoms with van der Waals surface area (Å²) in [6, 6.07) is 15.2. The van der Waals surface area contributed by atoms with Crippen molar-refractivity contribution >= 4 is 18.0 Å². The molecule has 2 aromatic carbocycles. The number of rotatable bonds is 10. The molecular formula is C25H30N2O5. The summed E-state index contributed by atoms with van der Waals surface area (Å²) in [5.74, 6) is -1.30. The smallest absolute Gasteiger partial charge is 0.407 e. The largest absolute Gasteiger partial charge is 0.481 e. The molecule has 1 aliphatic rings. The molecule has 1 aliphatic carbocycles. The van der Waals surface area contributed by atoms with Gasteiger partial charge in [-0.05, 0) is 42.0 Å². The maximum absolute atomic E-state index is 12.6. The van der Waals surface area contributed by atoms with Gasteiger partial charge in [-0.2, -0.15) is 0 Å². The van der Waals surface area contributed by atoms with E-state index in [4.69, 9.17) is 9.84 Å². The molecule has 2 aromatic rings. The summed E-state index contributed by atoms with van der Waals surface area (Å²) >= 11 is 0. The van der Waals surface area contributed by atoms with Gasteiger partial charge in [0.25, 0.3) is 0 Å². The number of amides is 2. The van der Waals surface area contributed by atoms with E-state index in [1.165, 1.54) is 0 Å². The summed E-state index contributed by atoms with van der Waals surface area (Å²) < 4.78 is 5.54. The molecule has 0 saturated heterocycles. The predicted molar refractivity (Wildman–Crippen MR) is 121 cm³/mol. The molecule has 0 saturated carbocycles. The van der Waals surface area contributed by atoms with Crippen LogP contribution in [0.1, 0.15) is 56.6 Å². The fourth-order valence-corrected chi connectivity index (χ4v) is 4.10. The van der Waals surface area contributed by atoms with Crippen LogP contribution in [0.25, 0.3) is 11.1 Å². The Morgan fingerprint density at radius 2 is 1.56 bits per heavy atom. The first-order valence-corrected chi connectivity index (χ1v) is 11.0. The van der Waals surface area contributed by atoms with E-state index in [-0.39, 0.29) is 30.9 Å². The second kappa shape index (κ2) is 10.8. The zero-order chi connectivity index (χ0) is 23.1. The number of aliphatic carboxylic acids is 1. The molecule has 0 bridgehead atoms. The van der Waals surface area contributed by atoms with Gasteiger partial charge in [-0.1, -0.05) is 61.9 Å². The van der Waals surface area contributed by atoms with E-state index in [0.29, 0.717) is 19.3 Å². The van der Waals surface area contributed by atoms with Crippen molar-refractivity contribution in [2.24, 2.45) is 0 Å². The molecule has 0 spiro atoms. The Kier molecular flexibility index (Phi) is 7.87. The average Bonchev–Trinajstić information content (AvgIpc) is 3.10. The van der Waals surface area contributed by atoms with E-state index in [9.17, 15) is 14.4 Å². The number of hydrogen-bond donors (Lipinski definition) is 3. The Hall–Kier alpha value is -3.35. The van der Waals surface area contributed by atoms with Crippen LogP contribution in [0, 0.1) is 0 Å². The molecule has 32 heavy (non-hydrogen) atoms. The Bertz CT molecular complexity index is 929. The maximum atomic E-state index is 12.6. The van der Waals surface area contributed by atoms with Crippen LogP contribution in [0.2, 0.25) is 0 Å². The number of carbonyl (C=O) groups is 3. The molecule has 0 radical (unpaired) electrons. The number of alkyl carbamates (subject to hydrolysis) is 1. The standard InChI is InChI=1S/C25H30N2O5/c1-3-8-22(24(30)26-16(2)13-14-23(28)29)27-25(31)32-15-21-19-11-6-4-9-17(19)18-10-5-7-12-20(18)21/h4-7,9-12,16,21-22H,3,8,13-15H2,1-2H3,(H,26,30)(H,27,31)(H,28,29)/t16?,22-/m0/s1. The van der Waals surface area contributed by atoms with Crippen molar-refractivity contribution in [3.05, 3.63) is 59.7 Å². The SMILES string of the molecule is CCC[C@H](NC(=O)OCC1c2ccccc2-c2ccccc21)C(=O)NC(C)CCC(=O)O. The van der Waals surface area contributed by atoms with Gasteiger partial charge in [-0.15, -0.1) is 0 Å². The number of ether oxygens (including phenoxy) is 1. The third-order valence-corrected chi connectivity index (χ3v) is 5.71. The number of carboxylic acids is 1. The zero-order valence-electron chi connectivity index (χ0n) is 18.5. The predicted octanol–water partition coefficient (Wildman–Crippen LogP) is 4.06. The van der Waals surface area contributed by atoms with Crippen molar-refractivity contribution in [2.45, 2.75) is 57.5 Å². The third-order valence-electron chi connectivity index (χ3n) is 5.71. The lowest BCUT2D eigenvalue weighted by molar-refractivity contribution is -0.137. The number of carboxylic acid groups (broad SMARTS) is 1. The normalized spacial score (nSPS) is 14.1. The van der Waals surface area contributed by atoms with Gasteiger partial charge in [0.15, 0.2) is 0 Å². The van der Waals surface area contributed by atoms with E-state index in [1.807, 2.05) is 43.3 Å². The van der Waals surface area contributed by atoms with Crippen LogP contribution in [-0.4, -0.2) is 41.8 Å². The topological polar surface area (TPSA) is 105 Å². The number of fused-ring (bicyclic) bond motifs is 3. The van der Waals surface area contributed by atoms with Crippen LogP contribution in [0.3, 0.4) is 0 Å². The average molecular weight is 439 g/mol. The first-order valence-electron chi connectivity index (χ1n) is 11.0. The van der Waals surface area contributed by atoms with Crippen molar-refractivity contribution < 1.29 is 24.2 Å². The summed E-state index contributed by atoms with van der Waals surface area (Å²) in [6.07, 6.45) is 0.816. The van der Waals surface area contributed by atoms with Crippen molar-refractivity contribution in [2.75, 3.05) is 6.61 Å². The molecule has 0 aliphatic heterocycles. The minimum Gasteiger partial charge on any atom is -0.481 e. The van der Waals surface area contributed by atoms with Gasteiger partial charge >= 0.3 is 12.1 Å². The van der Waals surface area contributed by atoms with Gasteiger partial charge in [-0.25, -0.2) is 4.79 Å². The molecule has 170 valence electrons. The van der Waals surface area contributed by atoms with Crippen LogP contribution >= 0.6 is 0 Å². The molecule has 1 unspecified atom stereocenters. The quantitative estimate of drug-likeness (QED) is 0.519. The summed E-state index contributed by atoms with van der Waals surface area (Å²) in [7, 11) is 0. The second-order valence-electron chi connectivity index (χ2n) is 8.15. The first-order chi connectivity index (χ1) is 15.4. The molecule has 3 N–H and O–H groups in total. The zero-order valence-corrected chi connectivity index (χ0v) is 18.5. The van der Waals surface area contributed by atoms with Crippen molar-refractivity contribution in [3.8, 4) is 11.1 Å². The monoisotopic (exact) mass is 438 g/mol. The lowest BCUT2D eigenvalue weighted by atomic mass is 9.98. The highest BCUT2D eigenvalue weighted by atomic mass is 16.5. The minimum atomic E-state index is -0.909. The number of nitrogens with one attached hydrogen (secondary N) is 2.